The Kier molecular flexibility index (Phi) is 6.23. The third-order valence-corrected chi connectivity index (χ3v) is 3.29. The van der Waals surface area contributed by atoms with Gasteiger partial charge in [-0.2, -0.15) is 0 Å². The van der Waals surface area contributed by atoms with Crippen molar-refractivity contribution in [2.24, 2.45) is 0 Å². The fourth-order valence-electron chi connectivity index (χ4n) is 1.87. The van der Waals surface area contributed by atoms with E-state index in [4.69, 9.17) is 11.6 Å². The van der Waals surface area contributed by atoms with Crippen molar-refractivity contribution >= 4 is 17.3 Å². The number of rotatable bonds is 7. The molecule has 0 aliphatic carbocycles. The second kappa shape index (κ2) is 7.45. The van der Waals surface area contributed by atoms with Crippen LogP contribution in [0.4, 0.5) is 5.69 Å². The van der Waals surface area contributed by atoms with E-state index in [0.717, 1.165) is 30.2 Å². The Balaban J connectivity index is 2.81. The zero-order chi connectivity index (χ0) is 13.5. The molecular weight excluding hydrogens is 244 g/mol. The first-order valence-corrected chi connectivity index (χ1v) is 6.82. The molecule has 0 heterocycles. The summed E-state index contributed by atoms with van der Waals surface area (Å²) in [6, 6.07) is 6.59. The van der Waals surface area contributed by atoms with Crippen LogP contribution in [0.25, 0.3) is 0 Å². The highest BCUT2D eigenvalue weighted by Gasteiger charge is 2.09. The molecule has 1 atom stereocenters. The van der Waals surface area contributed by atoms with Gasteiger partial charge in [0.2, 0.25) is 0 Å². The molecular formula is C15H23ClN2. The standard InChI is InChI=1S/C15H23ClN2/c1-5-9-17-12(3)13-7-8-15(14(16)11-13)18(4)10-6-2/h6-8,11-12,17H,2,5,9-10H2,1,3-4H3. The van der Waals surface area contributed by atoms with Gasteiger partial charge in [0.05, 0.1) is 10.7 Å². The molecule has 0 spiro atoms. The van der Waals surface area contributed by atoms with Crippen LogP contribution in [-0.2, 0) is 0 Å². The van der Waals surface area contributed by atoms with Gasteiger partial charge >= 0.3 is 0 Å². The Labute approximate surface area is 116 Å². The van der Waals surface area contributed by atoms with Gasteiger partial charge in [-0.3, -0.25) is 0 Å². The van der Waals surface area contributed by atoms with E-state index < -0.39 is 0 Å². The molecule has 0 radical (unpaired) electrons. The van der Waals surface area contributed by atoms with E-state index >= 15 is 0 Å². The molecule has 2 nitrogen and oxygen atoms in total. The van der Waals surface area contributed by atoms with Crippen LogP contribution in [0.5, 0.6) is 0 Å². The topological polar surface area (TPSA) is 15.3 Å². The van der Waals surface area contributed by atoms with Crippen molar-refractivity contribution in [2.75, 3.05) is 25.0 Å². The van der Waals surface area contributed by atoms with Crippen molar-refractivity contribution in [3.8, 4) is 0 Å². The van der Waals surface area contributed by atoms with E-state index in [1.807, 2.05) is 19.2 Å². The third kappa shape index (κ3) is 4.04. The molecule has 0 aliphatic heterocycles. The SMILES string of the molecule is C=CCN(C)c1ccc(C(C)NCCC)cc1Cl. The van der Waals surface area contributed by atoms with E-state index in [0.29, 0.717) is 6.04 Å². The summed E-state index contributed by atoms with van der Waals surface area (Å²) in [5, 5.41) is 4.25. The smallest absolute Gasteiger partial charge is 0.0642 e. The molecule has 0 aromatic heterocycles. The Bertz CT molecular complexity index is 390. The van der Waals surface area contributed by atoms with Gasteiger partial charge < -0.3 is 10.2 Å². The number of hydrogen-bond acceptors (Lipinski definition) is 2. The molecule has 0 amide bonds. The average Bonchev–Trinajstić information content (AvgIpc) is 2.35. The molecule has 0 bridgehead atoms. The van der Waals surface area contributed by atoms with E-state index in [-0.39, 0.29) is 0 Å². The van der Waals surface area contributed by atoms with E-state index in [9.17, 15) is 0 Å². The minimum atomic E-state index is 0.334. The van der Waals surface area contributed by atoms with Gasteiger partial charge in [-0.25, -0.2) is 0 Å². The summed E-state index contributed by atoms with van der Waals surface area (Å²) in [6.45, 7) is 9.89. The highest BCUT2D eigenvalue weighted by atomic mass is 35.5. The fourth-order valence-corrected chi connectivity index (χ4v) is 2.21. The normalized spacial score (nSPS) is 12.2. The summed E-state index contributed by atoms with van der Waals surface area (Å²) in [6.07, 6.45) is 3.01. The summed E-state index contributed by atoms with van der Waals surface area (Å²) in [5.41, 5.74) is 2.27. The van der Waals surface area contributed by atoms with Crippen molar-refractivity contribution in [3.63, 3.8) is 0 Å². The number of nitrogens with zero attached hydrogens (tertiary/aromatic N) is 1. The summed E-state index contributed by atoms with van der Waals surface area (Å²) in [4.78, 5) is 2.09. The number of halogens is 1. The molecule has 0 fully saturated rings. The maximum Gasteiger partial charge on any atom is 0.0642 e. The van der Waals surface area contributed by atoms with Crippen LogP contribution in [0.15, 0.2) is 30.9 Å². The van der Waals surface area contributed by atoms with Gasteiger partial charge in [0.1, 0.15) is 0 Å². The Morgan fingerprint density at radius 3 is 2.78 bits per heavy atom. The first-order valence-electron chi connectivity index (χ1n) is 6.45. The van der Waals surface area contributed by atoms with E-state index in [2.05, 4.69) is 42.8 Å². The van der Waals surface area contributed by atoms with Crippen molar-refractivity contribution in [1.82, 2.24) is 5.32 Å². The number of hydrogen-bond donors (Lipinski definition) is 1. The summed E-state index contributed by atoms with van der Waals surface area (Å²) in [5.74, 6) is 0. The molecule has 1 aromatic rings. The lowest BCUT2D eigenvalue weighted by Crippen LogP contribution is -2.20. The lowest BCUT2D eigenvalue weighted by molar-refractivity contribution is 0.571. The molecule has 1 rings (SSSR count). The second-order valence-electron chi connectivity index (χ2n) is 4.56. The summed E-state index contributed by atoms with van der Waals surface area (Å²) >= 11 is 6.33. The van der Waals surface area contributed by atoms with Gasteiger partial charge in [0.15, 0.2) is 0 Å². The molecule has 1 aromatic carbocycles. The lowest BCUT2D eigenvalue weighted by Gasteiger charge is -2.21. The van der Waals surface area contributed by atoms with Gasteiger partial charge in [-0.1, -0.05) is 30.7 Å². The lowest BCUT2D eigenvalue weighted by atomic mass is 10.1. The monoisotopic (exact) mass is 266 g/mol. The number of benzene rings is 1. The molecule has 0 saturated heterocycles. The van der Waals surface area contributed by atoms with Crippen LogP contribution in [0.3, 0.4) is 0 Å². The zero-order valence-corrected chi connectivity index (χ0v) is 12.3. The van der Waals surface area contributed by atoms with Gasteiger partial charge in [0, 0.05) is 19.6 Å². The maximum atomic E-state index is 6.33. The number of anilines is 1. The summed E-state index contributed by atoms with van der Waals surface area (Å²) in [7, 11) is 2.02. The molecule has 18 heavy (non-hydrogen) atoms. The van der Waals surface area contributed by atoms with Gasteiger partial charge in [-0.05, 0) is 37.6 Å². The van der Waals surface area contributed by atoms with Crippen molar-refractivity contribution in [3.05, 3.63) is 41.4 Å². The zero-order valence-electron chi connectivity index (χ0n) is 11.5. The first kappa shape index (κ1) is 15.1. The third-order valence-electron chi connectivity index (χ3n) is 2.99. The average molecular weight is 267 g/mol. The highest BCUT2D eigenvalue weighted by Crippen LogP contribution is 2.28. The molecule has 0 saturated carbocycles. The van der Waals surface area contributed by atoms with Gasteiger partial charge in [-0.15, -0.1) is 6.58 Å². The number of nitrogens with one attached hydrogen (secondary N) is 1. The largest absolute Gasteiger partial charge is 0.370 e. The van der Waals surface area contributed by atoms with Crippen molar-refractivity contribution < 1.29 is 0 Å². The predicted molar refractivity (Wildman–Crippen MR) is 81.6 cm³/mol. The Morgan fingerprint density at radius 2 is 2.22 bits per heavy atom. The maximum absolute atomic E-state index is 6.33. The van der Waals surface area contributed by atoms with Crippen LogP contribution in [-0.4, -0.2) is 20.1 Å². The Morgan fingerprint density at radius 1 is 1.50 bits per heavy atom. The Hall–Kier alpha value is -0.990. The van der Waals surface area contributed by atoms with Crippen LogP contribution < -0.4 is 10.2 Å². The predicted octanol–water partition coefficient (Wildman–Crippen LogP) is 4.02. The molecule has 1 N–H and O–H groups in total. The summed E-state index contributed by atoms with van der Waals surface area (Å²) < 4.78 is 0. The fraction of sp³-hybridized carbons (Fsp3) is 0.467. The second-order valence-corrected chi connectivity index (χ2v) is 4.96. The quantitative estimate of drug-likeness (QED) is 0.750. The van der Waals surface area contributed by atoms with Crippen molar-refractivity contribution in [2.45, 2.75) is 26.3 Å². The molecule has 0 aliphatic rings. The minimum Gasteiger partial charge on any atom is -0.370 e. The van der Waals surface area contributed by atoms with Crippen LogP contribution >= 0.6 is 11.6 Å². The van der Waals surface area contributed by atoms with E-state index in [1.54, 1.807) is 0 Å². The molecule has 100 valence electrons. The van der Waals surface area contributed by atoms with Gasteiger partial charge in [0.25, 0.3) is 0 Å². The first-order chi connectivity index (χ1) is 8.60. The molecule has 1 unspecified atom stereocenters. The van der Waals surface area contributed by atoms with E-state index in [1.165, 1.54) is 5.56 Å². The molecule has 3 heteroatoms. The highest BCUT2D eigenvalue weighted by molar-refractivity contribution is 6.33. The minimum absolute atomic E-state index is 0.334. The van der Waals surface area contributed by atoms with Crippen LogP contribution in [0.1, 0.15) is 31.9 Å². The van der Waals surface area contributed by atoms with Crippen molar-refractivity contribution in [1.29, 1.82) is 0 Å². The van der Waals surface area contributed by atoms with Crippen LogP contribution in [0, 0.1) is 0 Å². The number of likely N-dealkylation sites (N-methyl/N-ethyl adjacent to an activating group) is 1. The van der Waals surface area contributed by atoms with Crippen LogP contribution in [0.2, 0.25) is 5.02 Å².